The molecule has 0 saturated heterocycles. The standard InChI is InChI=1S/C15H19ClN2O3/c1-9(10-5-2-3-7-12(10)16)17-15(21)18-13-8-4-6-11(13)14(19)20/h2-3,5,7,9,11,13H,4,6,8H2,1H3,(H,19,20)(H2,17,18,21). The van der Waals surface area contributed by atoms with Crippen molar-refractivity contribution in [2.45, 2.75) is 38.3 Å². The van der Waals surface area contributed by atoms with Gasteiger partial charge < -0.3 is 15.7 Å². The SMILES string of the molecule is CC(NC(=O)NC1CCCC1C(=O)O)c1ccccc1Cl. The summed E-state index contributed by atoms with van der Waals surface area (Å²) >= 11 is 6.09. The van der Waals surface area contributed by atoms with Gasteiger partial charge in [0, 0.05) is 11.1 Å². The smallest absolute Gasteiger partial charge is 0.315 e. The van der Waals surface area contributed by atoms with E-state index in [9.17, 15) is 9.59 Å². The third-order valence-electron chi connectivity index (χ3n) is 3.87. The molecule has 2 amide bonds. The van der Waals surface area contributed by atoms with E-state index in [4.69, 9.17) is 16.7 Å². The average Bonchev–Trinajstić information content (AvgIpc) is 2.87. The van der Waals surface area contributed by atoms with Crippen LogP contribution in [0.4, 0.5) is 4.79 Å². The zero-order chi connectivity index (χ0) is 15.4. The minimum absolute atomic E-state index is 0.247. The largest absolute Gasteiger partial charge is 0.481 e. The fraction of sp³-hybridized carbons (Fsp3) is 0.467. The van der Waals surface area contributed by atoms with Gasteiger partial charge in [0.2, 0.25) is 0 Å². The van der Waals surface area contributed by atoms with Crippen LogP contribution < -0.4 is 10.6 Å². The number of benzene rings is 1. The topological polar surface area (TPSA) is 78.4 Å². The molecular weight excluding hydrogens is 292 g/mol. The Morgan fingerprint density at radius 3 is 2.71 bits per heavy atom. The highest BCUT2D eigenvalue weighted by atomic mass is 35.5. The van der Waals surface area contributed by atoms with Crippen molar-refractivity contribution in [2.75, 3.05) is 0 Å². The van der Waals surface area contributed by atoms with E-state index in [1.54, 1.807) is 6.07 Å². The van der Waals surface area contributed by atoms with Crippen LogP contribution in [0.25, 0.3) is 0 Å². The molecule has 1 saturated carbocycles. The van der Waals surface area contributed by atoms with Crippen molar-refractivity contribution in [2.24, 2.45) is 5.92 Å². The van der Waals surface area contributed by atoms with E-state index >= 15 is 0 Å². The second-order valence-corrected chi connectivity index (χ2v) is 5.75. The Morgan fingerprint density at radius 1 is 1.33 bits per heavy atom. The van der Waals surface area contributed by atoms with Gasteiger partial charge in [-0.05, 0) is 31.4 Å². The molecule has 1 aliphatic carbocycles. The van der Waals surface area contributed by atoms with Gasteiger partial charge in [-0.25, -0.2) is 4.79 Å². The highest BCUT2D eigenvalue weighted by Crippen LogP contribution is 2.26. The van der Waals surface area contributed by atoms with Gasteiger partial charge in [0.25, 0.3) is 0 Å². The molecule has 0 heterocycles. The number of urea groups is 1. The number of rotatable bonds is 4. The third-order valence-corrected chi connectivity index (χ3v) is 4.21. The van der Waals surface area contributed by atoms with Crippen LogP contribution in [0.3, 0.4) is 0 Å². The van der Waals surface area contributed by atoms with Crippen LogP contribution in [0.15, 0.2) is 24.3 Å². The van der Waals surface area contributed by atoms with Crippen LogP contribution in [-0.4, -0.2) is 23.1 Å². The molecule has 114 valence electrons. The molecule has 1 aliphatic rings. The first-order chi connectivity index (χ1) is 9.99. The molecular formula is C15H19ClN2O3. The van der Waals surface area contributed by atoms with E-state index in [0.29, 0.717) is 17.9 Å². The Labute approximate surface area is 128 Å². The van der Waals surface area contributed by atoms with E-state index in [2.05, 4.69) is 10.6 Å². The van der Waals surface area contributed by atoms with E-state index in [1.165, 1.54) is 0 Å². The quantitative estimate of drug-likeness (QED) is 0.800. The summed E-state index contributed by atoms with van der Waals surface area (Å²) in [7, 11) is 0. The van der Waals surface area contributed by atoms with Crippen molar-refractivity contribution in [3.63, 3.8) is 0 Å². The predicted octanol–water partition coefficient (Wildman–Crippen LogP) is 2.95. The zero-order valence-corrected chi connectivity index (χ0v) is 12.6. The summed E-state index contributed by atoms with van der Waals surface area (Å²) in [6.45, 7) is 1.84. The molecule has 5 nitrogen and oxygen atoms in total. The molecule has 0 spiro atoms. The summed E-state index contributed by atoms with van der Waals surface area (Å²) in [6.07, 6.45) is 2.13. The van der Waals surface area contributed by atoms with Crippen LogP contribution in [-0.2, 0) is 4.79 Å². The Kier molecular flexibility index (Phi) is 5.07. The number of aliphatic carboxylic acids is 1. The second-order valence-electron chi connectivity index (χ2n) is 5.34. The lowest BCUT2D eigenvalue weighted by atomic mass is 10.0. The lowest BCUT2D eigenvalue weighted by Crippen LogP contribution is -2.46. The van der Waals surface area contributed by atoms with Gasteiger partial charge in [0.15, 0.2) is 0 Å². The molecule has 1 aromatic rings. The van der Waals surface area contributed by atoms with Gasteiger partial charge >= 0.3 is 12.0 Å². The summed E-state index contributed by atoms with van der Waals surface area (Å²) < 4.78 is 0. The van der Waals surface area contributed by atoms with Gasteiger partial charge in [-0.1, -0.05) is 36.2 Å². The molecule has 0 aromatic heterocycles. The number of carboxylic acids is 1. The number of nitrogens with one attached hydrogen (secondary N) is 2. The summed E-state index contributed by atoms with van der Waals surface area (Å²) in [5.74, 6) is -1.34. The molecule has 1 aromatic carbocycles. The van der Waals surface area contributed by atoms with E-state index in [-0.39, 0.29) is 18.1 Å². The van der Waals surface area contributed by atoms with E-state index < -0.39 is 11.9 Å². The number of carboxylic acid groups (broad SMARTS) is 1. The van der Waals surface area contributed by atoms with Gasteiger partial charge in [-0.15, -0.1) is 0 Å². The molecule has 3 unspecified atom stereocenters. The summed E-state index contributed by atoms with van der Waals surface area (Å²) in [4.78, 5) is 23.1. The summed E-state index contributed by atoms with van der Waals surface area (Å²) in [5, 5.41) is 15.2. The third kappa shape index (κ3) is 3.88. The van der Waals surface area contributed by atoms with Gasteiger partial charge in [0.1, 0.15) is 0 Å². The normalized spacial score (nSPS) is 22.6. The van der Waals surface area contributed by atoms with Crippen molar-refractivity contribution in [3.05, 3.63) is 34.9 Å². The number of hydrogen-bond acceptors (Lipinski definition) is 2. The number of carbonyl (C=O) groups is 2. The van der Waals surface area contributed by atoms with Crippen LogP contribution in [0.2, 0.25) is 5.02 Å². The highest BCUT2D eigenvalue weighted by Gasteiger charge is 2.34. The van der Waals surface area contributed by atoms with Crippen molar-refractivity contribution in [3.8, 4) is 0 Å². The van der Waals surface area contributed by atoms with Crippen LogP contribution >= 0.6 is 11.6 Å². The average molecular weight is 311 g/mol. The maximum atomic E-state index is 12.0. The fourth-order valence-corrected chi connectivity index (χ4v) is 3.04. The van der Waals surface area contributed by atoms with Crippen molar-refractivity contribution < 1.29 is 14.7 Å². The van der Waals surface area contributed by atoms with Gasteiger partial charge in [-0.2, -0.15) is 0 Å². The van der Waals surface area contributed by atoms with E-state index in [1.807, 2.05) is 25.1 Å². The van der Waals surface area contributed by atoms with Gasteiger partial charge in [-0.3, -0.25) is 4.79 Å². The molecule has 0 aliphatic heterocycles. The highest BCUT2D eigenvalue weighted by molar-refractivity contribution is 6.31. The van der Waals surface area contributed by atoms with Crippen LogP contribution in [0.1, 0.15) is 37.8 Å². The number of hydrogen-bond donors (Lipinski definition) is 3. The Balaban J connectivity index is 1.93. The van der Waals surface area contributed by atoms with Crippen molar-refractivity contribution in [1.82, 2.24) is 10.6 Å². The molecule has 3 atom stereocenters. The van der Waals surface area contributed by atoms with E-state index in [0.717, 1.165) is 12.0 Å². The molecule has 2 rings (SSSR count). The molecule has 3 N–H and O–H groups in total. The first kappa shape index (κ1) is 15.6. The van der Waals surface area contributed by atoms with Crippen molar-refractivity contribution in [1.29, 1.82) is 0 Å². The van der Waals surface area contributed by atoms with Crippen LogP contribution in [0, 0.1) is 5.92 Å². The number of amides is 2. The maximum absolute atomic E-state index is 12.0. The maximum Gasteiger partial charge on any atom is 0.315 e. The summed E-state index contributed by atoms with van der Waals surface area (Å²) in [5.41, 5.74) is 0.829. The molecule has 1 fully saturated rings. The van der Waals surface area contributed by atoms with Crippen LogP contribution in [0.5, 0.6) is 0 Å². The molecule has 0 radical (unpaired) electrons. The first-order valence-electron chi connectivity index (χ1n) is 7.03. The lowest BCUT2D eigenvalue weighted by molar-refractivity contribution is -0.142. The molecule has 6 heteroatoms. The first-order valence-corrected chi connectivity index (χ1v) is 7.41. The summed E-state index contributed by atoms with van der Waals surface area (Å²) in [6, 6.07) is 6.39. The number of carbonyl (C=O) groups excluding carboxylic acids is 1. The Bertz CT molecular complexity index is 535. The Morgan fingerprint density at radius 2 is 2.05 bits per heavy atom. The van der Waals surface area contributed by atoms with Crippen molar-refractivity contribution >= 4 is 23.6 Å². The fourth-order valence-electron chi connectivity index (χ4n) is 2.74. The predicted molar refractivity (Wildman–Crippen MR) is 80.3 cm³/mol. The molecule has 0 bridgehead atoms. The minimum Gasteiger partial charge on any atom is -0.481 e. The van der Waals surface area contributed by atoms with Gasteiger partial charge in [0.05, 0.1) is 12.0 Å². The lowest BCUT2D eigenvalue weighted by Gasteiger charge is -2.21. The monoisotopic (exact) mass is 310 g/mol. The second kappa shape index (κ2) is 6.80. The zero-order valence-electron chi connectivity index (χ0n) is 11.8. The molecule has 21 heavy (non-hydrogen) atoms. The number of halogens is 1. The Hall–Kier alpha value is -1.75. The minimum atomic E-state index is -0.850.